The summed E-state index contributed by atoms with van der Waals surface area (Å²) in [7, 11) is 0. The number of rotatable bonds is 1. The summed E-state index contributed by atoms with van der Waals surface area (Å²) >= 11 is 0. The summed E-state index contributed by atoms with van der Waals surface area (Å²) in [6.07, 6.45) is 0. The molecule has 0 unspecified atom stereocenters. The lowest BCUT2D eigenvalue weighted by molar-refractivity contribution is 1.31. The van der Waals surface area contributed by atoms with Gasteiger partial charge in [0.15, 0.2) is 0 Å². The lowest BCUT2D eigenvalue weighted by Gasteiger charge is -2.09. The van der Waals surface area contributed by atoms with E-state index in [1.165, 1.54) is 5.56 Å². The van der Waals surface area contributed by atoms with Crippen LogP contribution in [0.3, 0.4) is 0 Å². The highest BCUT2D eigenvalue weighted by molar-refractivity contribution is 6.02. The van der Waals surface area contributed by atoms with E-state index in [0.29, 0.717) is 11.4 Å². The van der Waals surface area contributed by atoms with Gasteiger partial charge in [-0.3, -0.25) is 0 Å². The van der Waals surface area contributed by atoms with Crippen molar-refractivity contribution < 1.29 is 0 Å². The van der Waals surface area contributed by atoms with Crippen LogP contribution in [-0.2, 0) is 0 Å². The van der Waals surface area contributed by atoms with E-state index in [2.05, 4.69) is 0 Å². The van der Waals surface area contributed by atoms with Crippen LogP contribution in [0.15, 0.2) is 12.1 Å². The zero-order valence-corrected chi connectivity index (χ0v) is 7.73. The molecule has 0 fully saturated rings. The van der Waals surface area contributed by atoms with Crippen molar-refractivity contribution in [2.24, 2.45) is 0 Å². The Morgan fingerprint density at radius 3 is 2.33 bits per heavy atom. The van der Waals surface area contributed by atoms with Crippen LogP contribution in [0.4, 0.5) is 5.69 Å². The van der Waals surface area contributed by atoms with E-state index in [4.69, 9.17) is 11.1 Å². The molecule has 0 spiro atoms. The first kappa shape index (κ1) is 8.78. The first-order valence-electron chi connectivity index (χ1n) is 3.95. The minimum atomic E-state index is 0.536. The van der Waals surface area contributed by atoms with Gasteiger partial charge < -0.3 is 11.1 Å². The Morgan fingerprint density at radius 1 is 1.33 bits per heavy atom. The number of benzene rings is 1. The van der Waals surface area contributed by atoms with Crippen LogP contribution >= 0.6 is 0 Å². The molecule has 2 heteroatoms. The van der Waals surface area contributed by atoms with Crippen LogP contribution in [0.25, 0.3) is 0 Å². The van der Waals surface area contributed by atoms with Crippen LogP contribution in [0.1, 0.15) is 23.6 Å². The third kappa shape index (κ3) is 1.33. The van der Waals surface area contributed by atoms with E-state index in [1.54, 1.807) is 6.92 Å². The Balaban J connectivity index is 3.43. The number of nitrogen functional groups attached to an aromatic ring is 1. The molecule has 0 radical (unpaired) electrons. The molecular weight excluding hydrogens is 148 g/mol. The van der Waals surface area contributed by atoms with E-state index < -0.39 is 0 Å². The Bertz CT molecular complexity index is 327. The van der Waals surface area contributed by atoms with Gasteiger partial charge in [-0.15, -0.1) is 0 Å². The normalized spacial score (nSPS) is 9.92. The monoisotopic (exact) mass is 162 g/mol. The fourth-order valence-electron chi connectivity index (χ4n) is 1.33. The number of anilines is 1. The largest absolute Gasteiger partial charge is 0.398 e. The van der Waals surface area contributed by atoms with Gasteiger partial charge in [0.2, 0.25) is 0 Å². The van der Waals surface area contributed by atoms with E-state index in [-0.39, 0.29) is 0 Å². The molecule has 1 aromatic rings. The number of hydrogen-bond acceptors (Lipinski definition) is 2. The fourth-order valence-corrected chi connectivity index (χ4v) is 1.33. The topological polar surface area (TPSA) is 49.9 Å². The van der Waals surface area contributed by atoms with Gasteiger partial charge in [0.1, 0.15) is 0 Å². The third-order valence-electron chi connectivity index (χ3n) is 2.14. The third-order valence-corrected chi connectivity index (χ3v) is 2.14. The van der Waals surface area contributed by atoms with Crippen molar-refractivity contribution in [2.45, 2.75) is 20.8 Å². The van der Waals surface area contributed by atoms with Gasteiger partial charge in [-0.1, -0.05) is 6.07 Å². The van der Waals surface area contributed by atoms with Gasteiger partial charge >= 0.3 is 0 Å². The quantitative estimate of drug-likeness (QED) is 0.483. The number of nitrogens with two attached hydrogens (primary N) is 1. The molecule has 0 saturated carbocycles. The Hall–Kier alpha value is -1.31. The minimum absolute atomic E-state index is 0.536. The molecule has 2 nitrogen and oxygen atoms in total. The van der Waals surface area contributed by atoms with Crippen molar-refractivity contribution in [1.29, 1.82) is 5.41 Å². The highest BCUT2D eigenvalue weighted by Crippen LogP contribution is 2.20. The molecule has 64 valence electrons. The standard InChI is InChI=1S/C10H14N2/c1-6-4-5-9(12)10(7(6)2)8(3)11/h4-5,11H,12H2,1-3H3. The predicted octanol–water partition coefficient (Wildman–Crippen LogP) is 2.27. The molecule has 0 bridgehead atoms. The molecular formula is C10H14N2. The molecule has 3 N–H and O–H groups in total. The zero-order valence-electron chi connectivity index (χ0n) is 7.73. The van der Waals surface area contributed by atoms with Gasteiger partial charge in [-0.2, -0.15) is 0 Å². The molecule has 1 rings (SSSR count). The molecule has 0 aliphatic carbocycles. The second-order valence-corrected chi connectivity index (χ2v) is 3.10. The first-order valence-corrected chi connectivity index (χ1v) is 3.95. The van der Waals surface area contributed by atoms with Crippen molar-refractivity contribution >= 4 is 11.4 Å². The van der Waals surface area contributed by atoms with Crippen molar-refractivity contribution in [3.8, 4) is 0 Å². The predicted molar refractivity (Wildman–Crippen MR) is 52.8 cm³/mol. The number of aryl methyl sites for hydroxylation is 1. The highest BCUT2D eigenvalue weighted by Gasteiger charge is 2.06. The smallest absolute Gasteiger partial charge is 0.0408 e. The maximum Gasteiger partial charge on any atom is 0.0408 e. The summed E-state index contributed by atoms with van der Waals surface area (Å²) in [6.45, 7) is 5.79. The van der Waals surface area contributed by atoms with Gasteiger partial charge in [0, 0.05) is 17.0 Å². The van der Waals surface area contributed by atoms with Gasteiger partial charge in [-0.25, -0.2) is 0 Å². The lowest BCUT2D eigenvalue weighted by atomic mass is 9.98. The van der Waals surface area contributed by atoms with Crippen LogP contribution in [0.5, 0.6) is 0 Å². The Kier molecular flexibility index (Phi) is 2.18. The van der Waals surface area contributed by atoms with E-state index in [0.717, 1.165) is 11.1 Å². The van der Waals surface area contributed by atoms with E-state index in [9.17, 15) is 0 Å². The van der Waals surface area contributed by atoms with Crippen molar-refractivity contribution in [1.82, 2.24) is 0 Å². The molecule has 1 aromatic carbocycles. The van der Waals surface area contributed by atoms with Crippen LogP contribution in [-0.4, -0.2) is 5.71 Å². The molecule has 0 atom stereocenters. The summed E-state index contributed by atoms with van der Waals surface area (Å²) in [5.74, 6) is 0. The van der Waals surface area contributed by atoms with E-state index in [1.807, 2.05) is 26.0 Å². The molecule has 0 aromatic heterocycles. The number of hydrogen-bond donors (Lipinski definition) is 2. The molecule has 0 aliphatic heterocycles. The minimum Gasteiger partial charge on any atom is -0.398 e. The van der Waals surface area contributed by atoms with Gasteiger partial charge in [0.05, 0.1) is 0 Å². The van der Waals surface area contributed by atoms with Crippen molar-refractivity contribution in [3.63, 3.8) is 0 Å². The summed E-state index contributed by atoms with van der Waals surface area (Å²) in [5.41, 5.74) is 10.2. The summed E-state index contributed by atoms with van der Waals surface area (Å²) in [6, 6.07) is 3.84. The highest BCUT2D eigenvalue weighted by atomic mass is 14.6. The average Bonchev–Trinajstić information content (AvgIpc) is 1.97. The van der Waals surface area contributed by atoms with Crippen molar-refractivity contribution in [2.75, 3.05) is 5.73 Å². The van der Waals surface area contributed by atoms with Crippen molar-refractivity contribution in [3.05, 3.63) is 28.8 Å². The Labute approximate surface area is 72.9 Å². The SMILES string of the molecule is CC(=N)c1c(N)ccc(C)c1C. The maximum atomic E-state index is 7.53. The average molecular weight is 162 g/mol. The van der Waals surface area contributed by atoms with E-state index >= 15 is 0 Å². The molecule has 0 saturated heterocycles. The summed E-state index contributed by atoms with van der Waals surface area (Å²) in [5, 5.41) is 7.53. The van der Waals surface area contributed by atoms with Gasteiger partial charge in [0.25, 0.3) is 0 Å². The molecule has 0 amide bonds. The Morgan fingerprint density at radius 2 is 1.92 bits per heavy atom. The molecule has 0 heterocycles. The van der Waals surface area contributed by atoms with Gasteiger partial charge in [-0.05, 0) is 38.0 Å². The van der Waals surface area contributed by atoms with Crippen LogP contribution < -0.4 is 5.73 Å². The summed E-state index contributed by atoms with van der Waals surface area (Å²) in [4.78, 5) is 0. The zero-order chi connectivity index (χ0) is 9.30. The van der Waals surface area contributed by atoms with Crippen LogP contribution in [0, 0.1) is 19.3 Å². The number of nitrogens with one attached hydrogen (secondary N) is 1. The fraction of sp³-hybridized carbons (Fsp3) is 0.300. The first-order chi connectivity index (χ1) is 5.54. The lowest BCUT2D eigenvalue weighted by Crippen LogP contribution is -2.03. The molecule has 0 aliphatic rings. The second-order valence-electron chi connectivity index (χ2n) is 3.10. The molecule has 12 heavy (non-hydrogen) atoms. The maximum absolute atomic E-state index is 7.53. The summed E-state index contributed by atoms with van der Waals surface area (Å²) < 4.78 is 0. The van der Waals surface area contributed by atoms with Crippen LogP contribution in [0.2, 0.25) is 0 Å². The second kappa shape index (κ2) is 2.97.